The summed E-state index contributed by atoms with van der Waals surface area (Å²) in [5.74, 6) is -0.0147. The second-order valence-electron chi connectivity index (χ2n) is 6.15. The van der Waals surface area contributed by atoms with Crippen LogP contribution in [0.15, 0.2) is 48.5 Å². The molecule has 0 unspecified atom stereocenters. The first-order valence-corrected chi connectivity index (χ1v) is 8.71. The molecule has 3 rings (SSSR count). The number of nitrogens with zero attached hydrogens (tertiary/aromatic N) is 1. The number of carbonyl (C=O) groups is 3. The highest BCUT2D eigenvalue weighted by atomic mass is 16.5. The zero-order valence-corrected chi connectivity index (χ0v) is 15.2. The van der Waals surface area contributed by atoms with Crippen LogP contribution in [-0.4, -0.2) is 30.4 Å². The molecular formula is C20H21N3O4. The highest BCUT2D eigenvalue weighted by molar-refractivity contribution is 6.23. The van der Waals surface area contributed by atoms with Crippen molar-refractivity contribution in [2.75, 3.05) is 22.1 Å². The Hall–Kier alpha value is -3.35. The third-order valence-electron chi connectivity index (χ3n) is 4.10. The second kappa shape index (κ2) is 7.90. The van der Waals surface area contributed by atoms with Crippen LogP contribution in [0.4, 0.5) is 17.1 Å². The van der Waals surface area contributed by atoms with E-state index in [1.54, 1.807) is 48.5 Å². The molecule has 3 amide bonds. The quantitative estimate of drug-likeness (QED) is 0.767. The average Bonchev–Trinajstić information content (AvgIpc) is 2.91. The summed E-state index contributed by atoms with van der Waals surface area (Å²) in [4.78, 5) is 37.3. The number of hydrogen-bond acceptors (Lipinski definition) is 5. The second-order valence-corrected chi connectivity index (χ2v) is 6.15. The Labute approximate surface area is 157 Å². The lowest BCUT2D eigenvalue weighted by molar-refractivity contribution is -0.121. The van der Waals surface area contributed by atoms with Gasteiger partial charge in [-0.3, -0.25) is 14.4 Å². The van der Waals surface area contributed by atoms with Gasteiger partial charge < -0.3 is 15.4 Å². The van der Waals surface area contributed by atoms with Gasteiger partial charge in [0.05, 0.1) is 18.7 Å². The highest BCUT2D eigenvalue weighted by Crippen LogP contribution is 2.27. The lowest BCUT2D eigenvalue weighted by Crippen LogP contribution is -2.34. The molecule has 1 fully saturated rings. The lowest BCUT2D eigenvalue weighted by Gasteiger charge is -2.16. The van der Waals surface area contributed by atoms with Crippen molar-refractivity contribution < 1.29 is 19.1 Å². The van der Waals surface area contributed by atoms with Crippen LogP contribution in [0.1, 0.15) is 20.3 Å². The Morgan fingerprint density at radius 2 is 1.70 bits per heavy atom. The lowest BCUT2D eigenvalue weighted by atomic mass is 10.2. The Morgan fingerprint density at radius 1 is 1.07 bits per heavy atom. The van der Waals surface area contributed by atoms with E-state index in [0.717, 1.165) is 0 Å². The van der Waals surface area contributed by atoms with Crippen molar-refractivity contribution in [3.05, 3.63) is 48.5 Å². The van der Waals surface area contributed by atoms with Crippen molar-refractivity contribution in [2.45, 2.75) is 26.3 Å². The van der Waals surface area contributed by atoms with E-state index >= 15 is 0 Å². The smallest absolute Gasteiger partial charge is 0.256 e. The molecule has 1 aliphatic rings. The van der Waals surface area contributed by atoms with Crippen molar-refractivity contribution in [1.82, 2.24) is 0 Å². The minimum atomic E-state index is -0.629. The molecule has 0 bridgehead atoms. The molecule has 2 N–H and O–H groups in total. The van der Waals surface area contributed by atoms with E-state index < -0.39 is 6.04 Å². The van der Waals surface area contributed by atoms with Crippen molar-refractivity contribution >= 4 is 34.8 Å². The highest BCUT2D eigenvalue weighted by Gasteiger charge is 2.39. The van der Waals surface area contributed by atoms with E-state index in [1.165, 1.54) is 11.8 Å². The van der Waals surface area contributed by atoms with Crippen LogP contribution >= 0.6 is 0 Å². The van der Waals surface area contributed by atoms with E-state index in [0.29, 0.717) is 29.4 Å². The van der Waals surface area contributed by atoms with E-state index in [2.05, 4.69) is 10.6 Å². The number of imide groups is 1. The molecule has 7 heteroatoms. The Balaban J connectivity index is 1.69. The summed E-state index contributed by atoms with van der Waals surface area (Å²) in [5, 5.41) is 5.76. The normalized spacial score (nSPS) is 16.4. The number of rotatable bonds is 6. The van der Waals surface area contributed by atoms with Crippen LogP contribution in [0.5, 0.6) is 5.75 Å². The fourth-order valence-corrected chi connectivity index (χ4v) is 2.93. The van der Waals surface area contributed by atoms with E-state index in [-0.39, 0.29) is 24.1 Å². The maximum absolute atomic E-state index is 12.7. The SMILES string of the molecule is CCOc1ccc(N2C(=O)C[C@H](Nc3ccc(NC(C)=O)cc3)C2=O)cc1. The number of benzene rings is 2. The number of carbonyl (C=O) groups excluding carboxylic acids is 3. The van der Waals surface area contributed by atoms with Crippen LogP contribution in [0.25, 0.3) is 0 Å². The summed E-state index contributed by atoms with van der Waals surface area (Å²) in [6, 6.07) is 13.2. The van der Waals surface area contributed by atoms with Crippen LogP contribution in [-0.2, 0) is 14.4 Å². The third-order valence-corrected chi connectivity index (χ3v) is 4.10. The van der Waals surface area contributed by atoms with Gasteiger partial charge in [0.2, 0.25) is 11.8 Å². The van der Waals surface area contributed by atoms with Crippen molar-refractivity contribution in [3.8, 4) is 5.75 Å². The van der Waals surface area contributed by atoms with Gasteiger partial charge in [-0.2, -0.15) is 0 Å². The molecule has 1 heterocycles. The minimum Gasteiger partial charge on any atom is -0.494 e. The topological polar surface area (TPSA) is 87.7 Å². The zero-order chi connectivity index (χ0) is 19.4. The summed E-state index contributed by atoms with van der Waals surface area (Å²) in [5.41, 5.74) is 1.89. The van der Waals surface area contributed by atoms with Crippen molar-refractivity contribution in [2.24, 2.45) is 0 Å². The van der Waals surface area contributed by atoms with Gasteiger partial charge in [-0.15, -0.1) is 0 Å². The van der Waals surface area contributed by atoms with Crippen molar-refractivity contribution in [3.63, 3.8) is 0 Å². The predicted molar refractivity (Wildman–Crippen MR) is 103 cm³/mol. The third kappa shape index (κ3) is 4.25. The van der Waals surface area contributed by atoms with E-state index in [9.17, 15) is 14.4 Å². The molecule has 0 radical (unpaired) electrons. The summed E-state index contributed by atoms with van der Waals surface area (Å²) in [7, 11) is 0. The largest absolute Gasteiger partial charge is 0.494 e. The molecule has 27 heavy (non-hydrogen) atoms. The first-order chi connectivity index (χ1) is 13.0. The number of ether oxygens (including phenoxy) is 1. The summed E-state index contributed by atoms with van der Waals surface area (Å²) in [6.07, 6.45) is 0.0828. The van der Waals surface area contributed by atoms with Crippen LogP contribution in [0.2, 0.25) is 0 Å². The van der Waals surface area contributed by atoms with Gasteiger partial charge in [-0.25, -0.2) is 4.90 Å². The molecule has 1 saturated heterocycles. The molecule has 0 aromatic heterocycles. The molecule has 1 atom stereocenters. The number of amides is 3. The van der Waals surface area contributed by atoms with Crippen molar-refractivity contribution in [1.29, 1.82) is 0 Å². The molecule has 2 aromatic carbocycles. The number of anilines is 3. The summed E-state index contributed by atoms with van der Waals surface area (Å²) < 4.78 is 5.38. The van der Waals surface area contributed by atoms with Crippen LogP contribution in [0, 0.1) is 0 Å². The zero-order valence-electron chi connectivity index (χ0n) is 15.2. The van der Waals surface area contributed by atoms with Gasteiger partial charge in [0.1, 0.15) is 11.8 Å². The number of nitrogens with one attached hydrogen (secondary N) is 2. The molecule has 0 saturated carbocycles. The van der Waals surface area contributed by atoms with Crippen LogP contribution in [0.3, 0.4) is 0 Å². The average molecular weight is 367 g/mol. The van der Waals surface area contributed by atoms with Gasteiger partial charge in [0.15, 0.2) is 0 Å². The summed E-state index contributed by atoms with van der Waals surface area (Å²) in [6.45, 7) is 3.87. The Kier molecular flexibility index (Phi) is 5.40. The Bertz CT molecular complexity index is 847. The molecule has 0 spiro atoms. The predicted octanol–water partition coefficient (Wildman–Crippen LogP) is 2.79. The summed E-state index contributed by atoms with van der Waals surface area (Å²) >= 11 is 0. The van der Waals surface area contributed by atoms with E-state index in [4.69, 9.17) is 4.74 Å². The minimum absolute atomic E-state index is 0.0828. The monoisotopic (exact) mass is 367 g/mol. The molecule has 2 aromatic rings. The standard InChI is InChI=1S/C20H21N3O4/c1-3-27-17-10-8-16(9-11-17)23-19(25)12-18(20(23)26)22-15-6-4-14(5-7-15)21-13(2)24/h4-11,18,22H,3,12H2,1-2H3,(H,21,24)/t18-/m0/s1. The molecule has 7 nitrogen and oxygen atoms in total. The molecular weight excluding hydrogens is 346 g/mol. The van der Waals surface area contributed by atoms with Gasteiger partial charge in [0, 0.05) is 18.3 Å². The first-order valence-electron chi connectivity index (χ1n) is 8.71. The number of hydrogen-bond donors (Lipinski definition) is 2. The Morgan fingerprint density at radius 3 is 2.30 bits per heavy atom. The molecule has 0 aliphatic carbocycles. The maximum Gasteiger partial charge on any atom is 0.256 e. The molecule has 1 aliphatic heterocycles. The van der Waals surface area contributed by atoms with Crippen LogP contribution < -0.4 is 20.3 Å². The van der Waals surface area contributed by atoms with E-state index in [1.807, 2.05) is 6.92 Å². The van der Waals surface area contributed by atoms with Gasteiger partial charge in [-0.1, -0.05) is 0 Å². The van der Waals surface area contributed by atoms with Gasteiger partial charge in [-0.05, 0) is 55.5 Å². The molecule has 140 valence electrons. The first kappa shape index (κ1) is 18.4. The van der Waals surface area contributed by atoms with Gasteiger partial charge >= 0.3 is 0 Å². The maximum atomic E-state index is 12.7. The van der Waals surface area contributed by atoms with Gasteiger partial charge in [0.25, 0.3) is 5.91 Å². The fourth-order valence-electron chi connectivity index (χ4n) is 2.93. The fraction of sp³-hybridized carbons (Fsp3) is 0.250.